The summed E-state index contributed by atoms with van der Waals surface area (Å²) in [5, 5.41) is 2.54. The van der Waals surface area contributed by atoms with E-state index >= 15 is 0 Å². The second kappa shape index (κ2) is 5.68. The summed E-state index contributed by atoms with van der Waals surface area (Å²) in [6.45, 7) is 3.68. The van der Waals surface area contributed by atoms with E-state index in [1.165, 1.54) is 25.4 Å². The average molecular weight is 280 g/mol. The number of nitrogens with zero attached hydrogens (tertiary/aromatic N) is 2. The van der Waals surface area contributed by atoms with Crippen LogP contribution in [0.25, 0.3) is 0 Å². The number of anilines is 3. The van der Waals surface area contributed by atoms with Gasteiger partial charge in [-0.3, -0.25) is 0 Å². The lowest BCUT2D eigenvalue weighted by atomic mass is 10.2. The van der Waals surface area contributed by atoms with Crippen molar-refractivity contribution in [3.8, 4) is 5.88 Å². The van der Waals surface area contributed by atoms with E-state index in [9.17, 15) is 8.78 Å². The van der Waals surface area contributed by atoms with Crippen LogP contribution in [0.1, 0.15) is 12.5 Å². The van der Waals surface area contributed by atoms with Crippen molar-refractivity contribution in [1.29, 1.82) is 0 Å². The van der Waals surface area contributed by atoms with Crippen LogP contribution in [-0.2, 0) is 0 Å². The molecule has 0 fully saturated rings. The Morgan fingerprint density at radius 1 is 1.30 bits per heavy atom. The number of ether oxygens (including phenoxy) is 1. The highest BCUT2D eigenvalue weighted by Gasteiger charge is 2.15. The van der Waals surface area contributed by atoms with E-state index in [2.05, 4.69) is 15.3 Å². The van der Waals surface area contributed by atoms with Gasteiger partial charge in [0.1, 0.15) is 23.5 Å². The Bertz CT molecular complexity index is 634. The number of nitrogens with two attached hydrogens (primary N) is 1. The number of aryl methyl sites for hydroxylation is 1. The summed E-state index contributed by atoms with van der Waals surface area (Å²) >= 11 is 0. The second-order valence-electron chi connectivity index (χ2n) is 4.05. The number of hydrogen-bond donors (Lipinski definition) is 2. The zero-order chi connectivity index (χ0) is 14.7. The highest BCUT2D eigenvalue weighted by molar-refractivity contribution is 5.72. The maximum atomic E-state index is 13.9. The summed E-state index contributed by atoms with van der Waals surface area (Å²) in [5.41, 5.74) is 5.89. The van der Waals surface area contributed by atoms with Gasteiger partial charge in [-0.2, -0.15) is 4.98 Å². The molecule has 3 N–H and O–H groups in total. The van der Waals surface area contributed by atoms with Gasteiger partial charge in [0.2, 0.25) is 5.88 Å². The van der Waals surface area contributed by atoms with Crippen LogP contribution < -0.4 is 15.8 Å². The normalized spacial score (nSPS) is 10.4. The minimum Gasteiger partial charge on any atom is -0.476 e. The number of benzene rings is 1. The average Bonchev–Trinajstić information content (AvgIpc) is 2.43. The smallest absolute Gasteiger partial charge is 0.242 e. The third-order valence-electron chi connectivity index (χ3n) is 2.66. The molecule has 0 amide bonds. The highest BCUT2D eigenvalue weighted by Crippen LogP contribution is 2.30. The summed E-state index contributed by atoms with van der Waals surface area (Å²) < 4.78 is 32.8. The SMILES string of the molecule is CCOc1ncnc(Nc2c(F)ccc(C)c2F)c1N. The van der Waals surface area contributed by atoms with E-state index in [1.54, 1.807) is 6.92 Å². The molecule has 1 aromatic carbocycles. The molecule has 0 atom stereocenters. The minimum absolute atomic E-state index is 0.0897. The minimum atomic E-state index is -0.732. The number of halogens is 2. The summed E-state index contributed by atoms with van der Waals surface area (Å²) in [4.78, 5) is 7.71. The molecule has 7 heteroatoms. The number of nitrogens with one attached hydrogen (secondary N) is 1. The molecule has 0 spiro atoms. The van der Waals surface area contributed by atoms with Crippen LogP contribution in [0.5, 0.6) is 5.88 Å². The highest BCUT2D eigenvalue weighted by atomic mass is 19.1. The topological polar surface area (TPSA) is 73.1 Å². The van der Waals surface area contributed by atoms with Gasteiger partial charge >= 0.3 is 0 Å². The summed E-state index contributed by atoms with van der Waals surface area (Å²) in [5.74, 6) is -1.17. The van der Waals surface area contributed by atoms with Crippen LogP contribution >= 0.6 is 0 Å². The van der Waals surface area contributed by atoms with E-state index in [-0.39, 0.29) is 23.1 Å². The molecule has 0 bridgehead atoms. The number of aromatic nitrogens is 2. The Labute approximate surface area is 114 Å². The van der Waals surface area contributed by atoms with E-state index in [1.807, 2.05) is 0 Å². The Balaban J connectivity index is 2.40. The van der Waals surface area contributed by atoms with Crippen LogP contribution in [0.15, 0.2) is 18.5 Å². The fraction of sp³-hybridized carbons (Fsp3) is 0.231. The van der Waals surface area contributed by atoms with Gasteiger partial charge in [0.15, 0.2) is 11.6 Å². The number of nitrogen functional groups attached to an aromatic ring is 1. The van der Waals surface area contributed by atoms with Crippen LogP contribution in [0.3, 0.4) is 0 Å². The first-order chi connectivity index (χ1) is 9.54. The summed E-state index contributed by atoms with van der Waals surface area (Å²) in [6.07, 6.45) is 1.20. The lowest BCUT2D eigenvalue weighted by Gasteiger charge is -2.13. The predicted octanol–water partition coefficient (Wildman–Crippen LogP) is 2.79. The van der Waals surface area contributed by atoms with Crippen LogP contribution in [-0.4, -0.2) is 16.6 Å². The summed E-state index contributed by atoms with van der Waals surface area (Å²) in [7, 11) is 0. The largest absolute Gasteiger partial charge is 0.476 e. The van der Waals surface area contributed by atoms with Crippen molar-refractivity contribution in [2.24, 2.45) is 0 Å². The van der Waals surface area contributed by atoms with Crippen molar-refractivity contribution in [3.63, 3.8) is 0 Å². The molecular formula is C13H14F2N4O. The Hall–Kier alpha value is -2.44. The Morgan fingerprint density at radius 2 is 2.05 bits per heavy atom. The lowest BCUT2D eigenvalue weighted by molar-refractivity contribution is 0.328. The maximum Gasteiger partial charge on any atom is 0.242 e. The van der Waals surface area contributed by atoms with Gasteiger partial charge in [0.25, 0.3) is 0 Å². The Morgan fingerprint density at radius 3 is 2.75 bits per heavy atom. The van der Waals surface area contributed by atoms with Crippen LogP contribution in [0.4, 0.5) is 26.0 Å². The second-order valence-corrected chi connectivity index (χ2v) is 4.05. The molecule has 0 saturated carbocycles. The third kappa shape index (κ3) is 2.61. The van der Waals surface area contributed by atoms with Crippen molar-refractivity contribution in [2.45, 2.75) is 13.8 Å². The molecule has 20 heavy (non-hydrogen) atoms. The molecule has 0 aliphatic heterocycles. The van der Waals surface area contributed by atoms with Gasteiger partial charge in [-0.05, 0) is 25.5 Å². The molecule has 1 aromatic heterocycles. The molecule has 0 saturated heterocycles. The van der Waals surface area contributed by atoms with Crippen LogP contribution in [0, 0.1) is 18.6 Å². The van der Waals surface area contributed by atoms with E-state index < -0.39 is 11.6 Å². The molecule has 0 radical (unpaired) electrons. The first-order valence-electron chi connectivity index (χ1n) is 5.99. The molecule has 0 aliphatic carbocycles. The molecule has 0 unspecified atom stereocenters. The molecule has 2 rings (SSSR count). The predicted molar refractivity (Wildman–Crippen MR) is 72.0 cm³/mol. The molecule has 0 aliphatic rings. The number of hydrogen-bond acceptors (Lipinski definition) is 5. The van der Waals surface area contributed by atoms with Crippen LogP contribution in [0.2, 0.25) is 0 Å². The van der Waals surface area contributed by atoms with E-state index in [4.69, 9.17) is 10.5 Å². The van der Waals surface area contributed by atoms with E-state index in [0.717, 1.165) is 0 Å². The molecule has 1 heterocycles. The van der Waals surface area contributed by atoms with Gasteiger partial charge < -0.3 is 15.8 Å². The lowest BCUT2D eigenvalue weighted by Crippen LogP contribution is -2.07. The zero-order valence-corrected chi connectivity index (χ0v) is 11.1. The standard InChI is InChI=1S/C13H14F2N4O/c1-3-20-13-10(16)12(17-6-18-13)19-11-8(14)5-4-7(2)9(11)15/h4-6H,3,16H2,1-2H3,(H,17,18,19). The molecule has 2 aromatic rings. The van der Waals surface area contributed by atoms with Crippen molar-refractivity contribution < 1.29 is 13.5 Å². The molecular weight excluding hydrogens is 266 g/mol. The first kappa shape index (κ1) is 14.0. The first-order valence-corrected chi connectivity index (χ1v) is 5.99. The van der Waals surface area contributed by atoms with Gasteiger partial charge in [-0.25, -0.2) is 13.8 Å². The quantitative estimate of drug-likeness (QED) is 0.901. The zero-order valence-electron chi connectivity index (χ0n) is 11.1. The van der Waals surface area contributed by atoms with Crippen molar-refractivity contribution >= 4 is 17.2 Å². The van der Waals surface area contributed by atoms with Gasteiger partial charge in [-0.1, -0.05) is 6.07 Å². The van der Waals surface area contributed by atoms with Gasteiger partial charge in [-0.15, -0.1) is 0 Å². The van der Waals surface area contributed by atoms with Gasteiger partial charge in [0, 0.05) is 0 Å². The number of rotatable bonds is 4. The summed E-state index contributed by atoms with van der Waals surface area (Å²) in [6, 6.07) is 2.52. The van der Waals surface area contributed by atoms with E-state index in [0.29, 0.717) is 12.2 Å². The monoisotopic (exact) mass is 280 g/mol. The molecule has 5 nitrogen and oxygen atoms in total. The fourth-order valence-corrected chi connectivity index (χ4v) is 1.62. The maximum absolute atomic E-state index is 13.9. The van der Waals surface area contributed by atoms with Gasteiger partial charge in [0.05, 0.1) is 6.61 Å². The Kier molecular flexibility index (Phi) is 3.97. The van der Waals surface area contributed by atoms with Crippen molar-refractivity contribution in [3.05, 3.63) is 35.7 Å². The van der Waals surface area contributed by atoms with Crippen molar-refractivity contribution in [2.75, 3.05) is 17.7 Å². The molecule has 106 valence electrons. The van der Waals surface area contributed by atoms with Crippen molar-refractivity contribution in [1.82, 2.24) is 9.97 Å². The fourth-order valence-electron chi connectivity index (χ4n) is 1.62. The third-order valence-corrected chi connectivity index (χ3v) is 2.66.